The van der Waals surface area contributed by atoms with Crippen molar-refractivity contribution in [2.75, 3.05) is 11.9 Å². The van der Waals surface area contributed by atoms with Crippen LogP contribution in [-0.2, 0) is 22.6 Å². The second kappa shape index (κ2) is 6.01. The highest BCUT2D eigenvalue weighted by atomic mass is 32.2. The molecule has 3 N–H and O–H groups in total. The first kappa shape index (κ1) is 16.8. The number of rotatable bonds is 5. The first-order valence-corrected chi connectivity index (χ1v) is 7.20. The van der Waals surface area contributed by atoms with E-state index in [0.29, 0.717) is 6.54 Å². The van der Waals surface area contributed by atoms with Gasteiger partial charge < -0.3 is 11.1 Å². The molecule has 0 amide bonds. The van der Waals surface area contributed by atoms with Crippen LogP contribution >= 0.6 is 0 Å². The van der Waals surface area contributed by atoms with Gasteiger partial charge in [-0.25, -0.2) is 8.42 Å². The molecule has 0 spiro atoms. The summed E-state index contributed by atoms with van der Waals surface area (Å²) in [7, 11) is -2.92. The van der Waals surface area contributed by atoms with E-state index in [4.69, 9.17) is 5.73 Å². The van der Waals surface area contributed by atoms with E-state index in [-0.39, 0.29) is 11.3 Å². The Morgan fingerprint density at radius 1 is 1.25 bits per heavy atom. The maximum absolute atomic E-state index is 12.9. The lowest BCUT2D eigenvalue weighted by molar-refractivity contribution is -0.138. The van der Waals surface area contributed by atoms with Crippen LogP contribution < -0.4 is 11.1 Å². The van der Waals surface area contributed by atoms with Crippen molar-refractivity contribution < 1.29 is 21.6 Å². The van der Waals surface area contributed by atoms with Gasteiger partial charge in [0.15, 0.2) is 0 Å². The number of benzene rings is 1. The van der Waals surface area contributed by atoms with Gasteiger partial charge in [0.05, 0.1) is 11.3 Å². The second-order valence-corrected chi connectivity index (χ2v) is 6.18. The predicted molar refractivity (Wildman–Crippen MR) is 72.2 cm³/mol. The molecule has 0 radical (unpaired) electrons. The lowest BCUT2D eigenvalue weighted by Gasteiger charge is -2.21. The molecule has 0 saturated heterocycles. The number of nitrogens with two attached hydrogens (primary N) is 1. The van der Waals surface area contributed by atoms with Crippen molar-refractivity contribution in [3.63, 3.8) is 0 Å². The van der Waals surface area contributed by atoms with Crippen molar-refractivity contribution in [2.45, 2.75) is 31.3 Å². The first-order valence-electron chi connectivity index (χ1n) is 5.84. The Kier molecular flexibility index (Phi) is 5.04. The Bertz CT molecular complexity index is 541. The van der Waals surface area contributed by atoms with E-state index >= 15 is 0 Å². The maximum atomic E-state index is 12.9. The van der Waals surface area contributed by atoms with E-state index in [0.717, 1.165) is 6.07 Å². The molecule has 0 unspecified atom stereocenters. The smallest absolute Gasteiger partial charge is 0.383 e. The summed E-state index contributed by atoms with van der Waals surface area (Å²) >= 11 is 0. The summed E-state index contributed by atoms with van der Waals surface area (Å²) in [6.07, 6.45) is -4.60. The summed E-state index contributed by atoms with van der Waals surface area (Å²) in [5.74, 6) is -0.632. The first-order chi connectivity index (χ1) is 8.99. The van der Waals surface area contributed by atoms with E-state index in [2.05, 4.69) is 5.32 Å². The van der Waals surface area contributed by atoms with Gasteiger partial charge in [-0.3, -0.25) is 0 Å². The maximum Gasteiger partial charge on any atom is 0.416 e. The van der Waals surface area contributed by atoms with Crippen LogP contribution in [0, 0.1) is 0 Å². The van der Waals surface area contributed by atoms with Crippen molar-refractivity contribution in [1.29, 1.82) is 0 Å². The molecule has 0 heterocycles. The fourth-order valence-corrected chi connectivity index (χ4v) is 2.11. The fourth-order valence-electron chi connectivity index (χ4n) is 1.56. The predicted octanol–water partition coefficient (Wildman–Crippen LogP) is 1.97. The molecule has 0 bridgehead atoms. The third kappa shape index (κ3) is 5.38. The number of hydrogen-bond donors (Lipinski definition) is 3. The third-order valence-corrected chi connectivity index (χ3v) is 3.06. The zero-order chi connectivity index (χ0) is 15.6. The standard InChI is InChI=1S/C12H17F3N2O2S/c1-11(2,16)7-17-9-4-3-8(6-20(18)19)10(5-9)12(13,14)15/h3-5,17,20H,6-7,16H2,1-2H3. The van der Waals surface area contributed by atoms with E-state index in [1.54, 1.807) is 13.8 Å². The van der Waals surface area contributed by atoms with Gasteiger partial charge in [0.25, 0.3) is 0 Å². The normalized spacial score (nSPS) is 12.8. The Hall–Kier alpha value is -1.28. The SMILES string of the molecule is CC(C)(N)CNc1ccc(C[SH](=O)=O)c(C(F)(F)F)c1. The Morgan fingerprint density at radius 3 is 2.30 bits per heavy atom. The minimum Gasteiger partial charge on any atom is -0.383 e. The molecular weight excluding hydrogens is 293 g/mol. The summed E-state index contributed by atoms with van der Waals surface area (Å²) in [4.78, 5) is 0. The molecule has 0 fully saturated rings. The molecule has 1 aromatic rings. The summed E-state index contributed by atoms with van der Waals surface area (Å²) in [6, 6.07) is 3.48. The van der Waals surface area contributed by atoms with Gasteiger partial charge in [0.1, 0.15) is 10.7 Å². The molecular formula is C12H17F3N2O2S. The van der Waals surface area contributed by atoms with Crippen LogP contribution in [-0.4, -0.2) is 20.5 Å². The average Bonchev–Trinajstić information content (AvgIpc) is 2.24. The largest absolute Gasteiger partial charge is 0.416 e. The highest BCUT2D eigenvalue weighted by Crippen LogP contribution is 2.34. The monoisotopic (exact) mass is 310 g/mol. The minimum absolute atomic E-state index is 0.251. The van der Waals surface area contributed by atoms with Gasteiger partial charge in [-0.2, -0.15) is 13.2 Å². The number of anilines is 1. The van der Waals surface area contributed by atoms with E-state index in [1.165, 1.54) is 12.1 Å². The van der Waals surface area contributed by atoms with Crippen molar-refractivity contribution in [3.8, 4) is 0 Å². The Balaban J connectivity index is 3.08. The molecule has 0 atom stereocenters. The quantitative estimate of drug-likeness (QED) is 0.727. The third-order valence-electron chi connectivity index (χ3n) is 2.46. The van der Waals surface area contributed by atoms with Crippen molar-refractivity contribution >= 4 is 16.4 Å². The summed E-state index contributed by atoms with van der Waals surface area (Å²) in [5.41, 5.74) is 4.21. The second-order valence-electron chi connectivity index (χ2n) is 5.20. The van der Waals surface area contributed by atoms with Crippen LogP contribution in [0.25, 0.3) is 0 Å². The van der Waals surface area contributed by atoms with Gasteiger partial charge >= 0.3 is 6.18 Å². The molecule has 0 aromatic heterocycles. The van der Waals surface area contributed by atoms with Crippen molar-refractivity contribution in [2.24, 2.45) is 5.73 Å². The lowest BCUT2D eigenvalue weighted by atomic mass is 10.1. The summed E-state index contributed by atoms with van der Waals surface area (Å²) in [6.45, 7) is 3.77. The molecule has 4 nitrogen and oxygen atoms in total. The fraction of sp³-hybridized carbons (Fsp3) is 0.500. The van der Waals surface area contributed by atoms with Crippen LogP contribution in [0.1, 0.15) is 25.0 Å². The lowest BCUT2D eigenvalue weighted by Crippen LogP contribution is -2.39. The van der Waals surface area contributed by atoms with Crippen LogP contribution in [0.3, 0.4) is 0 Å². The molecule has 1 rings (SSSR count). The van der Waals surface area contributed by atoms with Gasteiger partial charge in [-0.1, -0.05) is 6.07 Å². The van der Waals surface area contributed by atoms with Crippen LogP contribution in [0.15, 0.2) is 18.2 Å². The number of alkyl halides is 3. The van der Waals surface area contributed by atoms with E-state index < -0.39 is 33.7 Å². The number of halogens is 3. The molecule has 0 aliphatic rings. The zero-order valence-corrected chi connectivity index (χ0v) is 12.0. The molecule has 0 saturated carbocycles. The highest BCUT2D eigenvalue weighted by molar-refractivity contribution is 7.71. The van der Waals surface area contributed by atoms with Crippen LogP contribution in [0.2, 0.25) is 0 Å². The number of thiol groups is 1. The minimum atomic E-state index is -4.60. The summed E-state index contributed by atoms with van der Waals surface area (Å²) in [5, 5.41) is 2.80. The Labute approximate surface area is 117 Å². The molecule has 1 aromatic carbocycles. The van der Waals surface area contributed by atoms with Gasteiger partial charge in [0, 0.05) is 17.8 Å². The number of nitrogens with one attached hydrogen (secondary N) is 1. The van der Waals surface area contributed by atoms with Gasteiger partial charge in [-0.15, -0.1) is 0 Å². The zero-order valence-electron chi connectivity index (χ0n) is 11.1. The number of hydrogen-bond acceptors (Lipinski definition) is 4. The van der Waals surface area contributed by atoms with Crippen LogP contribution in [0.4, 0.5) is 18.9 Å². The molecule has 0 aliphatic carbocycles. The van der Waals surface area contributed by atoms with E-state index in [1.807, 2.05) is 0 Å². The summed E-state index contributed by atoms with van der Waals surface area (Å²) < 4.78 is 60.0. The molecule has 0 aliphatic heterocycles. The van der Waals surface area contributed by atoms with Gasteiger partial charge in [0.2, 0.25) is 0 Å². The van der Waals surface area contributed by atoms with Gasteiger partial charge in [-0.05, 0) is 31.5 Å². The van der Waals surface area contributed by atoms with Crippen LogP contribution in [0.5, 0.6) is 0 Å². The van der Waals surface area contributed by atoms with E-state index in [9.17, 15) is 21.6 Å². The van der Waals surface area contributed by atoms with Crippen molar-refractivity contribution in [3.05, 3.63) is 29.3 Å². The molecule has 114 valence electrons. The average molecular weight is 310 g/mol. The molecule has 8 heteroatoms. The molecule has 20 heavy (non-hydrogen) atoms. The van der Waals surface area contributed by atoms with Crippen molar-refractivity contribution in [1.82, 2.24) is 0 Å². The Morgan fingerprint density at radius 2 is 1.85 bits per heavy atom. The highest BCUT2D eigenvalue weighted by Gasteiger charge is 2.33. The topological polar surface area (TPSA) is 72.2 Å².